The maximum atomic E-state index is 10.7. The van der Waals surface area contributed by atoms with Crippen molar-refractivity contribution in [3.8, 4) is 0 Å². The molecule has 0 aromatic rings. The van der Waals surface area contributed by atoms with Crippen LogP contribution in [-0.4, -0.2) is 17.6 Å². The molecule has 0 aliphatic rings. The summed E-state index contributed by atoms with van der Waals surface area (Å²) in [6, 6.07) is 0. The first-order valence-corrected chi connectivity index (χ1v) is 3.39. The fourth-order valence-corrected chi connectivity index (χ4v) is 0.368. The van der Waals surface area contributed by atoms with Gasteiger partial charge in [0.25, 0.3) is 0 Å². The van der Waals surface area contributed by atoms with E-state index in [1.807, 2.05) is 0 Å². The second-order valence-corrected chi connectivity index (χ2v) is 2.75. The molecule has 3 nitrogen and oxygen atoms in total. The normalized spacial score (nSPS) is 9.50. The molecule has 0 amide bonds. The first-order chi connectivity index (χ1) is 4.54. The van der Waals surface area contributed by atoms with Crippen molar-refractivity contribution >= 4 is 23.2 Å². The maximum Gasteiger partial charge on any atom is 0.308 e. The third-order valence-electron chi connectivity index (χ3n) is 0.828. The average Bonchev–Trinajstić information content (AvgIpc) is 1.82. The summed E-state index contributed by atoms with van der Waals surface area (Å²) >= 11 is 4.50. The van der Waals surface area contributed by atoms with Gasteiger partial charge < -0.3 is 10.5 Å². The second-order valence-electron chi connectivity index (χ2n) is 2.23. The summed E-state index contributed by atoms with van der Waals surface area (Å²) in [6.45, 7) is 3.55. The smallest absolute Gasteiger partial charge is 0.308 e. The standard InChI is InChI=1S/C6H11NO2S/c1-4(2)6(8)9-3-5(7)10/h4H,3H2,1-2H3,(H2,7,10). The number of rotatable bonds is 3. The van der Waals surface area contributed by atoms with Gasteiger partial charge in [0, 0.05) is 0 Å². The van der Waals surface area contributed by atoms with Crippen LogP contribution in [0.15, 0.2) is 0 Å². The minimum atomic E-state index is -0.271. The lowest BCUT2D eigenvalue weighted by Crippen LogP contribution is -2.21. The molecule has 0 rings (SSSR count). The first-order valence-electron chi connectivity index (χ1n) is 2.99. The van der Waals surface area contributed by atoms with Crippen LogP contribution in [0.2, 0.25) is 0 Å². The molecule has 0 saturated carbocycles. The predicted molar refractivity (Wildman–Crippen MR) is 42.6 cm³/mol. The number of nitrogens with two attached hydrogens (primary N) is 1. The third-order valence-corrected chi connectivity index (χ3v) is 0.946. The molecule has 0 heterocycles. The molecule has 0 fully saturated rings. The summed E-state index contributed by atoms with van der Waals surface area (Å²) < 4.78 is 4.66. The number of carbonyl (C=O) groups excluding carboxylic acids is 1. The van der Waals surface area contributed by atoms with Gasteiger partial charge >= 0.3 is 5.97 Å². The highest BCUT2D eigenvalue weighted by Crippen LogP contribution is 1.94. The number of thiocarbonyl (C=S) groups is 1. The topological polar surface area (TPSA) is 52.3 Å². The zero-order valence-corrected chi connectivity index (χ0v) is 6.90. The van der Waals surface area contributed by atoms with Crippen LogP contribution in [0.3, 0.4) is 0 Å². The Morgan fingerprint density at radius 1 is 1.70 bits per heavy atom. The van der Waals surface area contributed by atoms with Crippen LogP contribution in [0.25, 0.3) is 0 Å². The fraction of sp³-hybridized carbons (Fsp3) is 0.667. The lowest BCUT2D eigenvalue weighted by Gasteiger charge is -2.04. The molecule has 10 heavy (non-hydrogen) atoms. The molecule has 58 valence electrons. The van der Waals surface area contributed by atoms with E-state index < -0.39 is 0 Å². The molecular formula is C6H11NO2S. The molecule has 0 unspecified atom stereocenters. The van der Waals surface area contributed by atoms with Crippen molar-refractivity contribution in [2.24, 2.45) is 11.7 Å². The molecular weight excluding hydrogens is 150 g/mol. The number of esters is 1. The van der Waals surface area contributed by atoms with Crippen LogP contribution < -0.4 is 5.73 Å². The van der Waals surface area contributed by atoms with Crippen molar-refractivity contribution in [3.63, 3.8) is 0 Å². The first kappa shape index (κ1) is 9.36. The fourth-order valence-electron chi connectivity index (χ4n) is 0.309. The molecule has 0 saturated heterocycles. The van der Waals surface area contributed by atoms with Gasteiger partial charge in [0.15, 0.2) is 0 Å². The Morgan fingerprint density at radius 3 is 2.50 bits per heavy atom. The molecule has 0 radical (unpaired) electrons. The van der Waals surface area contributed by atoms with E-state index in [1.165, 1.54) is 0 Å². The van der Waals surface area contributed by atoms with Gasteiger partial charge in [-0.3, -0.25) is 4.79 Å². The van der Waals surface area contributed by atoms with E-state index in [-0.39, 0.29) is 23.5 Å². The van der Waals surface area contributed by atoms with Gasteiger partial charge in [0.05, 0.1) is 5.92 Å². The second kappa shape index (κ2) is 4.22. The molecule has 0 aliphatic heterocycles. The SMILES string of the molecule is CC(C)C(=O)OCC(N)=S. The van der Waals surface area contributed by atoms with Gasteiger partial charge in [-0.2, -0.15) is 0 Å². The molecule has 0 aromatic carbocycles. The summed E-state index contributed by atoms with van der Waals surface area (Å²) in [5.41, 5.74) is 5.10. The summed E-state index contributed by atoms with van der Waals surface area (Å²) in [7, 11) is 0. The zero-order chi connectivity index (χ0) is 8.15. The highest BCUT2D eigenvalue weighted by Gasteiger charge is 2.07. The molecule has 0 atom stereocenters. The van der Waals surface area contributed by atoms with E-state index in [0.717, 1.165) is 0 Å². The van der Waals surface area contributed by atoms with Crippen molar-refractivity contribution in [2.45, 2.75) is 13.8 Å². The average molecular weight is 161 g/mol. The summed E-state index contributed by atoms with van der Waals surface area (Å²) in [5, 5.41) is 0. The Bertz CT molecular complexity index is 145. The molecule has 4 heteroatoms. The van der Waals surface area contributed by atoms with Crippen LogP contribution in [-0.2, 0) is 9.53 Å². The van der Waals surface area contributed by atoms with Crippen LogP contribution in [0.5, 0.6) is 0 Å². The van der Waals surface area contributed by atoms with E-state index in [2.05, 4.69) is 17.0 Å². The highest BCUT2D eigenvalue weighted by atomic mass is 32.1. The van der Waals surface area contributed by atoms with Crippen molar-refractivity contribution in [3.05, 3.63) is 0 Å². The van der Waals surface area contributed by atoms with Crippen LogP contribution in [0.1, 0.15) is 13.8 Å². The van der Waals surface area contributed by atoms with Gasteiger partial charge in [-0.05, 0) is 0 Å². The number of hydrogen-bond donors (Lipinski definition) is 1. The van der Waals surface area contributed by atoms with Gasteiger partial charge in [-0.15, -0.1) is 0 Å². The van der Waals surface area contributed by atoms with E-state index in [1.54, 1.807) is 13.8 Å². The summed E-state index contributed by atoms with van der Waals surface area (Å²) in [6.07, 6.45) is 0. The van der Waals surface area contributed by atoms with E-state index in [4.69, 9.17) is 5.73 Å². The Morgan fingerprint density at radius 2 is 2.20 bits per heavy atom. The maximum absolute atomic E-state index is 10.7. The Kier molecular flexibility index (Phi) is 3.95. The number of ether oxygens (including phenoxy) is 1. The van der Waals surface area contributed by atoms with E-state index in [9.17, 15) is 4.79 Å². The largest absolute Gasteiger partial charge is 0.458 e. The Balaban J connectivity index is 3.50. The lowest BCUT2D eigenvalue weighted by atomic mass is 10.2. The minimum Gasteiger partial charge on any atom is -0.458 e. The van der Waals surface area contributed by atoms with Gasteiger partial charge in [-0.25, -0.2) is 0 Å². The molecule has 0 spiro atoms. The van der Waals surface area contributed by atoms with Crippen molar-refractivity contribution in [1.82, 2.24) is 0 Å². The van der Waals surface area contributed by atoms with Gasteiger partial charge in [0.1, 0.15) is 11.6 Å². The molecule has 0 aliphatic carbocycles. The van der Waals surface area contributed by atoms with Gasteiger partial charge in [-0.1, -0.05) is 26.1 Å². The van der Waals surface area contributed by atoms with E-state index in [0.29, 0.717) is 0 Å². The predicted octanol–water partition coefficient (Wildman–Crippen LogP) is 0.472. The van der Waals surface area contributed by atoms with E-state index >= 15 is 0 Å². The highest BCUT2D eigenvalue weighted by molar-refractivity contribution is 7.80. The number of carbonyl (C=O) groups is 1. The van der Waals surface area contributed by atoms with Crippen LogP contribution in [0, 0.1) is 5.92 Å². The van der Waals surface area contributed by atoms with Crippen molar-refractivity contribution in [2.75, 3.05) is 6.61 Å². The van der Waals surface area contributed by atoms with Gasteiger partial charge in [0.2, 0.25) is 0 Å². The summed E-state index contributed by atoms with van der Waals surface area (Å²) in [4.78, 5) is 10.9. The lowest BCUT2D eigenvalue weighted by molar-refractivity contribution is -0.145. The van der Waals surface area contributed by atoms with Crippen molar-refractivity contribution < 1.29 is 9.53 Å². The van der Waals surface area contributed by atoms with Crippen LogP contribution in [0.4, 0.5) is 0 Å². The summed E-state index contributed by atoms with van der Waals surface area (Å²) in [5.74, 6) is -0.387. The Hall–Kier alpha value is -0.640. The quantitative estimate of drug-likeness (QED) is 0.483. The Labute approximate surface area is 65.5 Å². The monoisotopic (exact) mass is 161 g/mol. The third kappa shape index (κ3) is 4.26. The zero-order valence-electron chi connectivity index (χ0n) is 6.09. The molecule has 2 N–H and O–H groups in total. The number of hydrogen-bond acceptors (Lipinski definition) is 3. The van der Waals surface area contributed by atoms with Crippen molar-refractivity contribution in [1.29, 1.82) is 0 Å². The molecule has 0 bridgehead atoms. The molecule has 0 aromatic heterocycles. The minimum absolute atomic E-state index is 0.0480. The van der Waals surface area contributed by atoms with Crippen LogP contribution >= 0.6 is 12.2 Å².